The van der Waals surface area contributed by atoms with Gasteiger partial charge in [-0.1, -0.05) is 19.1 Å². The SMILES string of the molecule is CCOC(=O)C(C)CNc1ccccc1[N+](=O)[O-]. The molecule has 1 rings (SSSR count). The Bertz CT molecular complexity index is 434. The van der Waals surface area contributed by atoms with Gasteiger partial charge in [0.2, 0.25) is 0 Å². The van der Waals surface area contributed by atoms with Crippen molar-refractivity contribution in [3.63, 3.8) is 0 Å². The summed E-state index contributed by atoms with van der Waals surface area (Å²) in [7, 11) is 0. The third-order valence-electron chi connectivity index (χ3n) is 2.39. The fraction of sp³-hybridized carbons (Fsp3) is 0.417. The maximum Gasteiger partial charge on any atom is 0.310 e. The number of ether oxygens (including phenoxy) is 1. The third kappa shape index (κ3) is 3.73. The van der Waals surface area contributed by atoms with Crippen molar-refractivity contribution in [2.24, 2.45) is 5.92 Å². The van der Waals surface area contributed by atoms with Crippen molar-refractivity contribution < 1.29 is 14.5 Å². The molecule has 0 saturated carbocycles. The molecular formula is C12H16N2O4. The number of para-hydroxylation sites is 2. The van der Waals surface area contributed by atoms with E-state index >= 15 is 0 Å². The zero-order chi connectivity index (χ0) is 13.5. The van der Waals surface area contributed by atoms with Gasteiger partial charge in [0, 0.05) is 12.6 Å². The molecule has 1 N–H and O–H groups in total. The second-order valence-electron chi connectivity index (χ2n) is 3.81. The normalized spacial score (nSPS) is 11.7. The summed E-state index contributed by atoms with van der Waals surface area (Å²) in [6.07, 6.45) is 0. The number of benzene rings is 1. The van der Waals surface area contributed by atoms with E-state index < -0.39 is 4.92 Å². The summed E-state index contributed by atoms with van der Waals surface area (Å²) in [6, 6.07) is 6.32. The van der Waals surface area contributed by atoms with Gasteiger partial charge in [0.1, 0.15) is 5.69 Å². The summed E-state index contributed by atoms with van der Waals surface area (Å²) in [6.45, 7) is 4.07. The van der Waals surface area contributed by atoms with Crippen LogP contribution in [0.1, 0.15) is 13.8 Å². The van der Waals surface area contributed by atoms with Gasteiger partial charge in [-0.15, -0.1) is 0 Å². The number of nitro benzene ring substituents is 1. The maximum atomic E-state index is 11.4. The minimum atomic E-state index is -0.461. The second kappa shape index (κ2) is 6.58. The molecule has 0 saturated heterocycles. The summed E-state index contributed by atoms with van der Waals surface area (Å²) < 4.78 is 4.86. The lowest BCUT2D eigenvalue weighted by Gasteiger charge is -2.12. The van der Waals surface area contributed by atoms with Gasteiger partial charge in [-0.2, -0.15) is 0 Å². The van der Waals surface area contributed by atoms with Gasteiger partial charge in [0.25, 0.3) is 5.69 Å². The molecule has 1 aromatic rings. The van der Waals surface area contributed by atoms with Gasteiger partial charge in [0.15, 0.2) is 0 Å². The molecular weight excluding hydrogens is 236 g/mol. The first kappa shape index (κ1) is 14.0. The fourth-order valence-corrected chi connectivity index (χ4v) is 1.41. The number of nitrogens with zero attached hydrogens (tertiary/aromatic N) is 1. The number of anilines is 1. The van der Waals surface area contributed by atoms with Crippen LogP contribution in [0.4, 0.5) is 11.4 Å². The van der Waals surface area contributed by atoms with Crippen LogP contribution in [-0.2, 0) is 9.53 Å². The fourth-order valence-electron chi connectivity index (χ4n) is 1.41. The predicted molar refractivity (Wildman–Crippen MR) is 67.4 cm³/mol. The summed E-state index contributed by atoms with van der Waals surface area (Å²) in [5.74, 6) is -0.673. The highest BCUT2D eigenvalue weighted by atomic mass is 16.6. The largest absolute Gasteiger partial charge is 0.466 e. The van der Waals surface area contributed by atoms with E-state index in [1.54, 1.807) is 32.0 Å². The lowest BCUT2D eigenvalue weighted by atomic mass is 10.1. The molecule has 6 nitrogen and oxygen atoms in total. The van der Waals surface area contributed by atoms with E-state index in [9.17, 15) is 14.9 Å². The molecule has 1 atom stereocenters. The van der Waals surface area contributed by atoms with Crippen LogP contribution in [0, 0.1) is 16.0 Å². The molecule has 0 aliphatic heterocycles. The maximum absolute atomic E-state index is 11.4. The molecule has 6 heteroatoms. The highest BCUT2D eigenvalue weighted by molar-refractivity contribution is 5.73. The standard InChI is InChI=1S/C12H16N2O4/c1-3-18-12(15)9(2)8-13-10-6-4-5-7-11(10)14(16)17/h4-7,9,13H,3,8H2,1-2H3. The highest BCUT2D eigenvalue weighted by Gasteiger charge is 2.16. The minimum Gasteiger partial charge on any atom is -0.466 e. The lowest BCUT2D eigenvalue weighted by molar-refractivity contribution is -0.384. The molecule has 0 heterocycles. The number of nitro groups is 1. The lowest BCUT2D eigenvalue weighted by Crippen LogP contribution is -2.22. The molecule has 0 amide bonds. The summed E-state index contributed by atoms with van der Waals surface area (Å²) >= 11 is 0. The Hall–Kier alpha value is -2.11. The van der Waals surface area contributed by atoms with E-state index in [-0.39, 0.29) is 17.6 Å². The van der Waals surface area contributed by atoms with E-state index in [0.717, 1.165) is 0 Å². The van der Waals surface area contributed by atoms with E-state index in [4.69, 9.17) is 4.74 Å². The van der Waals surface area contributed by atoms with E-state index in [2.05, 4.69) is 5.32 Å². The molecule has 0 spiro atoms. The van der Waals surface area contributed by atoms with Crippen LogP contribution >= 0.6 is 0 Å². The molecule has 1 unspecified atom stereocenters. The smallest absolute Gasteiger partial charge is 0.310 e. The zero-order valence-electron chi connectivity index (χ0n) is 10.4. The van der Waals surface area contributed by atoms with Crippen LogP contribution in [0.3, 0.4) is 0 Å². The van der Waals surface area contributed by atoms with Crippen LogP contribution in [0.15, 0.2) is 24.3 Å². The first-order chi connectivity index (χ1) is 8.56. The summed E-state index contributed by atoms with van der Waals surface area (Å²) in [4.78, 5) is 21.7. The van der Waals surface area contributed by atoms with Crippen LogP contribution < -0.4 is 5.32 Å². The Balaban J connectivity index is 2.63. The molecule has 0 radical (unpaired) electrons. The van der Waals surface area contributed by atoms with Crippen molar-refractivity contribution >= 4 is 17.3 Å². The Kier molecular flexibility index (Phi) is 5.10. The number of esters is 1. The van der Waals surface area contributed by atoms with Gasteiger partial charge < -0.3 is 10.1 Å². The summed E-state index contributed by atoms with van der Waals surface area (Å²) in [5, 5.41) is 13.7. The summed E-state index contributed by atoms with van der Waals surface area (Å²) in [5.41, 5.74) is 0.396. The quantitative estimate of drug-likeness (QED) is 0.477. The number of hydrogen-bond acceptors (Lipinski definition) is 5. The number of carbonyl (C=O) groups is 1. The average Bonchev–Trinajstić information content (AvgIpc) is 2.36. The van der Waals surface area contributed by atoms with Crippen LogP contribution in [0.25, 0.3) is 0 Å². The first-order valence-electron chi connectivity index (χ1n) is 5.70. The van der Waals surface area contributed by atoms with Gasteiger partial charge in [-0.05, 0) is 13.0 Å². The topological polar surface area (TPSA) is 81.5 Å². The first-order valence-corrected chi connectivity index (χ1v) is 5.70. The Morgan fingerprint density at radius 3 is 2.78 bits per heavy atom. The Morgan fingerprint density at radius 1 is 1.50 bits per heavy atom. The van der Waals surface area contributed by atoms with Crippen molar-refractivity contribution in [3.05, 3.63) is 34.4 Å². The predicted octanol–water partition coefficient (Wildman–Crippen LogP) is 2.21. The second-order valence-corrected chi connectivity index (χ2v) is 3.81. The number of carbonyl (C=O) groups excluding carboxylic acids is 1. The average molecular weight is 252 g/mol. The number of nitrogens with one attached hydrogen (secondary N) is 1. The van der Waals surface area contributed by atoms with Crippen LogP contribution in [0.5, 0.6) is 0 Å². The molecule has 18 heavy (non-hydrogen) atoms. The molecule has 0 aliphatic rings. The van der Waals surface area contributed by atoms with E-state index in [1.165, 1.54) is 6.07 Å². The number of rotatable bonds is 6. The molecule has 0 aromatic heterocycles. The third-order valence-corrected chi connectivity index (χ3v) is 2.39. The molecule has 0 fully saturated rings. The number of hydrogen-bond donors (Lipinski definition) is 1. The van der Waals surface area contributed by atoms with Crippen molar-refractivity contribution in [2.45, 2.75) is 13.8 Å². The van der Waals surface area contributed by atoms with Crippen molar-refractivity contribution in [3.8, 4) is 0 Å². The monoisotopic (exact) mass is 252 g/mol. The van der Waals surface area contributed by atoms with Crippen LogP contribution in [-0.4, -0.2) is 24.0 Å². The van der Waals surface area contributed by atoms with Gasteiger partial charge >= 0.3 is 5.97 Å². The Labute approximate surface area is 105 Å². The van der Waals surface area contributed by atoms with E-state index in [1.807, 2.05) is 0 Å². The van der Waals surface area contributed by atoms with Gasteiger partial charge in [-0.3, -0.25) is 14.9 Å². The van der Waals surface area contributed by atoms with Crippen LogP contribution in [0.2, 0.25) is 0 Å². The van der Waals surface area contributed by atoms with Crippen molar-refractivity contribution in [1.82, 2.24) is 0 Å². The highest BCUT2D eigenvalue weighted by Crippen LogP contribution is 2.23. The van der Waals surface area contributed by atoms with Gasteiger partial charge in [0.05, 0.1) is 17.4 Å². The van der Waals surface area contributed by atoms with Gasteiger partial charge in [-0.25, -0.2) is 0 Å². The molecule has 0 bridgehead atoms. The van der Waals surface area contributed by atoms with Crippen molar-refractivity contribution in [1.29, 1.82) is 0 Å². The Morgan fingerprint density at radius 2 is 2.17 bits per heavy atom. The van der Waals surface area contributed by atoms with Crippen molar-refractivity contribution in [2.75, 3.05) is 18.5 Å². The van der Waals surface area contributed by atoms with E-state index in [0.29, 0.717) is 18.8 Å². The molecule has 98 valence electrons. The molecule has 0 aliphatic carbocycles. The minimum absolute atomic E-state index is 0.00596. The zero-order valence-corrected chi connectivity index (χ0v) is 10.4. The molecule has 1 aromatic carbocycles.